The summed E-state index contributed by atoms with van der Waals surface area (Å²) in [4.78, 5) is 46.0. The molecule has 37 heavy (non-hydrogen) atoms. The number of alkyl carbamates (subject to hydrolysis) is 1. The number of ketones is 1. The molecule has 0 radical (unpaired) electrons. The number of aliphatic imine (C=N–C) groups is 1. The van der Waals surface area contributed by atoms with Crippen LogP contribution >= 0.6 is 0 Å². The van der Waals surface area contributed by atoms with Gasteiger partial charge in [0.15, 0.2) is 5.78 Å². The Labute approximate surface area is 216 Å². The van der Waals surface area contributed by atoms with Gasteiger partial charge in [0, 0.05) is 17.0 Å². The lowest BCUT2D eigenvalue weighted by atomic mass is 9.99. The molecule has 1 fully saturated rings. The number of ether oxygens (including phenoxy) is 1. The van der Waals surface area contributed by atoms with E-state index in [1.54, 1.807) is 0 Å². The summed E-state index contributed by atoms with van der Waals surface area (Å²) in [5.74, 6) is -0.476. The number of carbonyl (C=O) groups is 3. The molecule has 1 aliphatic heterocycles. The quantitative estimate of drug-likeness (QED) is 0.506. The lowest BCUT2D eigenvalue weighted by Gasteiger charge is -2.26. The maximum Gasteiger partial charge on any atom is 0.409 e. The predicted molar refractivity (Wildman–Crippen MR) is 141 cm³/mol. The zero-order chi connectivity index (χ0) is 25.6. The van der Waals surface area contributed by atoms with Crippen LogP contribution in [0.25, 0.3) is 0 Å². The molecule has 7 nitrogen and oxygen atoms in total. The number of carbonyl (C=O) groups excluding carboxylic acids is 3. The number of fused-ring (bicyclic) bond motifs is 1. The monoisotopic (exact) mass is 495 g/mol. The van der Waals surface area contributed by atoms with E-state index in [2.05, 4.69) is 5.32 Å². The molecular weight excluding hydrogens is 466 g/mol. The first-order valence-electron chi connectivity index (χ1n) is 12.6. The number of Topliss-reactive ketones (excluding diaryl/α,β-unsaturated/α-hetero) is 1. The molecule has 2 aliphatic rings. The zero-order valence-electron chi connectivity index (χ0n) is 20.5. The van der Waals surface area contributed by atoms with Gasteiger partial charge in [-0.15, -0.1) is 0 Å². The molecule has 1 N–H and O–H groups in total. The van der Waals surface area contributed by atoms with E-state index in [4.69, 9.17) is 9.73 Å². The molecule has 0 bridgehead atoms. The van der Waals surface area contributed by atoms with Crippen molar-refractivity contribution in [3.8, 4) is 0 Å². The summed E-state index contributed by atoms with van der Waals surface area (Å²) in [6.45, 7) is 0.00227. The van der Waals surface area contributed by atoms with Crippen LogP contribution in [0.4, 0.5) is 10.5 Å². The van der Waals surface area contributed by atoms with Gasteiger partial charge in [0.05, 0.1) is 17.9 Å². The van der Waals surface area contributed by atoms with Crippen LogP contribution in [0.3, 0.4) is 0 Å². The SMILES string of the molecule is O=C(NC1N=C(c2ccccc2)c2ccccc2N(CC(=O)C2CCCC2)C1=O)OCc1ccccc1. The van der Waals surface area contributed by atoms with E-state index in [0.29, 0.717) is 11.4 Å². The molecule has 0 aromatic heterocycles. The topological polar surface area (TPSA) is 88.1 Å². The largest absolute Gasteiger partial charge is 0.445 e. The second-order valence-electron chi connectivity index (χ2n) is 9.34. The van der Waals surface area contributed by atoms with Crippen molar-refractivity contribution < 1.29 is 19.1 Å². The second-order valence-corrected chi connectivity index (χ2v) is 9.34. The van der Waals surface area contributed by atoms with Gasteiger partial charge in [-0.2, -0.15) is 0 Å². The van der Waals surface area contributed by atoms with Crippen molar-refractivity contribution in [2.45, 2.75) is 38.5 Å². The third-order valence-corrected chi connectivity index (χ3v) is 6.85. The van der Waals surface area contributed by atoms with Crippen LogP contribution in [0.1, 0.15) is 42.4 Å². The number of benzodiazepines with no additional fused rings is 1. The van der Waals surface area contributed by atoms with Crippen molar-refractivity contribution in [2.24, 2.45) is 10.9 Å². The second kappa shape index (κ2) is 11.2. The average Bonchev–Trinajstić information content (AvgIpc) is 3.46. The highest BCUT2D eigenvalue weighted by atomic mass is 16.5. The van der Waals surface area contributed by atoms with Crippen molar-refractivity contribution in [3.63, 3.8) is 0 Å². The van der Waals surface area contributed by atoms with Gasteiger partial charge in [-0.3, -0.25) is 14.9 Å². The fraction of sp³-hybridized carbons (Fsp3) is 0.267. The molecule has 2 amide bonds. The molecule has 3 aromatic carbocycles. The number of amides is 2. The molecule has 1 unspecified atom stereocenters. The molecule has 5 rings (SSSR count). The summed E-state index contributed by atoms with van der Waals surface area (Å²) in [6.07, 6.45) is 1.75. The van der Waals surface area contributed by atoms with Gasteiger partial charge in [-0.1, -0.05) is 91.7 Å². The van der Waals surface area contributed by atoms with Gasteiger partial charge in [0.25, 0.3) is 5.91 Å². The average molecular weight is 496 g/mol. The molecule has 0 saturated heterocycles. The minimum Gasteiger partial charge on any atom is -0.445 e. The Hall–Kier alpha value is -4.26. The standard InChI is InChI=1S/C30H29N3O4/c34-26(22-13-7-8-14-22)19-33-25-18-10-9-17-24(25)27(23-15-5-2-6-16-23)31-28(29(33)35)32-30(36)37-20-21-11-3-1-4-12-21/h1-6,9-12,15-18,22,28H,7-8,13-14,19-20H2,(H,32,36). The van der Waals surface area contributed by atoms with Crippen LogP contribution in [0.2, 0.25) is 0 Å². The lowest BCUT2D eigenvalue weighted by molar-refractivity contribution is -0.125. The molecule has 1 saturated carbocycles. The highest BCUT2D eigenvalue weighted by Gasteiger charge is 2.35. The highest BCUT2D eigenvalue weighted by molar-refractivity contribution is 6.21. The van der Waals surface area contributed by atoms with Gasteiger partial charge in [-0.25, -0.2) is 9.79 Å². The van der Waals surface area contributed by atoms with Crippen LogP contribution in [0.15, 0.2) is 89.9 Å². The third-order valence-electron chi connectivity index (χ3n) is 6.85. The summed E-state index contributed by atoms with van der Waals surface area (Å²) < 4.78 is 5.38. The molecule has 1 aliphatic carbocycles. The normalized spacial score (nSPS) is 17.5. The fourth-order valence-electron chi connectivity index (χ4n) is 4.92. The number of rotatable bonds is 7. The minimum atomic E-state index is -1.25. The number of nitrogens with one attached hydrogen (secondary N) is 1. The fourth-order valence-corrected chi connectivity index (χ4v) is 4.92. The number of hydrogen-bond donors (Lipinski definition) is 1. The van der Waals surface area contributed by atoms with Crippen molar-refractivity contribution >= 4 is 29.2 Å². The molecule has 188 valence electrons. The summed E-state index contributed by atoms with van der Waals surface area (Å²) in [7, 11) is 0. The Morgan fingerprint density at radius 3 is 2.27 bits per heavy atom. The number of benzene rings is 3. The van der Waals surface area contributed by atoms with E-state index >= 15 is 0 Å². The van der Waals surface area contributed by atoms with Crippen LogP contribution in [0, 0.1) is 5.92 Å². The summed E-state index contributed by atoms with van der Waals surface area (Å²) in [5.41, 5.74) is 3.52. The van der Waals surface area contributed by atoms with E-state index in [1.165, 1.54) is 4.90 Å². The van der Waals surface area contributed by atoms with Gasteiger partial charge >= 0.3 is 6.09 Å². The molecule has 1 atom stereocenters. The number of hydrogen-bond acceptors (Lipinski definition) is 5. The molecular formula is C30H29N3O4. The van der Waals surface area contributed by atoms with Crippen molar-refractivity contribution in [1.29, 1.82) is 0 Å². The molecule has 1 heterocycles. The van der Waals surface area contributed by atoms with Gasteiger partial charge in [-0.05, 0) is 24.5 Å². The molecule has 0 spiro atoms. The van der Waals surface area contributed by atoms with Crippen LogP contribution in [0.5, 0.6) is 0 Å². The van der Waals surface area contributed by atoms with Crippen molar-refractivity contribution in [2.75, 3.05) is 11.4 Å². The van der Waals surface area contributed by atoms with Gasteiger partial charge < -0.3 is 9.64 Å². The van der Waals surface area contributed by atoms with E-state index in [-0.39, 0.29) is 24.9 Å². The molecule has 3 aromatic rings. The summed E-state index contributed by atoms with van der Waals surface area (Å²) >= 11 is 0. The van der Waals surface area contributed by atoms with Crippen molar-refractivity contribution in [3.05, 3.63) is 102 Å². The summed E-state index contributed by atoms with van der Waals surface area (Å²) in [6, 6.07) is 26.2. The van der Waals surface area contributed by atoms with E-state index < -0.39 is 18.2 Å². The van der Waals surface area contributed by atoms with Crippen LogP contribution < -0.4 is 10.2 Å². The van der Waals surface area contributed by atoms with E-state index in [9.17, 15) is 14.4 Å². The van der Waals surface area contributed by atoms with Gasteiger partial charge in [0.1, 0.15) is 6.61 Å². The summed E-state index contributed by atoms with van der Waals surface area (Å²) in [5, 5.41) is 2.64. The minimum absolute atomic E-state index is 0.0363. The third kappa shape index (κ3) is 5.61. The number of anilines is 1. The molecule has 7 heteroatoms. The Morgan fingerprint density at radius 1 is 0.892 bits per heavy atom. The number of para-hydroxylation sites is 1. The van der Waals surface area contributed by atoms with Gasteiger partial charge in [0.2, 0.25) is 6.17 Å². The Morgan fingerprint density at radius 2 is 1.54 bits per heavy atom. The zero-order valence-corrected chi connectivity index (χ0v) is 20.5. The number of nitrogens with zero attached hydrogens (tertiary/aromatic N) is 2. The maximum absolute atomic E-state index is 13.8. The van der Waals surface area contributed by atoms with E-state index in [0.717, 1.165) is 42.4 Å². The maximum atomic E-state index is 13.8. The first-order valence-corrected chi connectivity index (χ1v) is 12.6. The Kier molecular flexibility index (Phi) is 7.40. The Balaban J connectivity index is 1.47. The highest BCUT2D eigenvalue weighted by Crippen LogP contribution is 2.30. The predicted octanol–water partition coefficient (Wildman–Crippen LogP) is 4.88. The lowest BCUT2D eigenvalue weighted by Crippen LogP contribution is -2.49. The smallest absolute Gasteiger partial charge is 0.409 e. The Bertz CT molecular complexity index is 1300. The van der Waals surface area contributed by atoms with Crippen LogP contribution in [-0.2, 0) is 20.9 Å². The van der Waals surface area contributed by atoms with Crippen molar-refractivity contribution in [1.82, 2.24) is 5.32 Å². The first kappa shape index (κ1) is 24.4. The van der Waals surface area contributed by atoms with Crippen LogP contribution in [-0.4, -0.2) is 36.2 Å². The first-order chi connectivity index (χ1) is 18.1. The van der Waals surface area contributed by atoms with E-state index in [1.807, 2.05) is 84.9 Å².